The van der Waals surface area contributed by atoms with Gasteiger partial charge in [-0.2, -0.15) is 0 Å². The molecule has 0 fully saturated rings. The van der Waals surface area contributed by atoms with Crippen LogP contribution in [0.5, 0.6) is 0 Å². The van der Waals surface area contributed by atoms with E-state index >= 15 is 0 Å². The normalized spacial score (nSPS) is 23.9. The Kier molecular flexibility index (Phi) is 3.71. The van der Waals surface area contributed by atoms with Crippen LogP contribution in [-0.2, 0) is 9.53 Å². The molecule has 0 radical (unpaired) electrons. The molecule has 1 unspecified atom stereocenters. The fraction of sp³-hybridized carbons (Fsp3) is 0.455. The van der Waals surface area contributed by atoms with E-state index in [2.05, 4.69) is 6.58 Å². The van der Waals surface area contributed by atoms with E-state index in [0.29, 0.717) is 13.0 Å². The Morgan fingerprint density at radius 1 is 1.69 bits per heavy atom. The molecule has 0 aromatic carbocycles. The summed E-state index contributed by atoms with van der Waals surface area (Å²) < 4.78 is 4.85. The van der Waals surface area contributed by atoms with Crippen molar-refractivity contribution < 1.29 is 19.4 Å². The number of hydrogen-bond acceptors (Lipinski definition) is 3. The average molecular weight is 225 g/mol. The molecule has 0 aliphatic carbocycles. The maximum atomic E-state index is 11.6. The molecule has 0 aromatic rings. The van der Waals surface area contributed by atoms with Gasteiger partial charge in [-0.05, 0) is 13.3 Å². The Morgan fingerprint density at radius 3 is 2.94 bits per heavy atom. The zero-order chi connectivity index (χ0) is 12.2. The standard InChI is InChI=1S/C11H15NO4/c1-3-8-16-10(15)12-7-5-4-6-11(12,2)9(13)14/h3-4,6H,1,5,7-8H2,2H3,(H,13,14). The number of carbonyl (C=O) groups is 2. The van der Waals surface area contributed by atoms with Crippen LogP contribution in [0.25, 0.3) is 0 Å². The summed E-state index contributed by atoms with van der Waals surface area (Å²) >= 11 is 0. The maximum Gasteiger partial charge on any atom is 0.411 e. The molecule has 16 heavy (non-hydrogen) atoms. The molecule has 1 aliphatic rings. The number of carbonyl (C=O) groups excluding carboxylic acids is 1. The minimum Gasteiger partial charge on any atom is -0.479 e. The number of amides is 1. The van der Waals surface area contributed by atoms with Crippen LogP contribution in [0, 0.1) is 0 Å². The van der Waals surface area contributed by atoms with Crippen molar-refractivity contribution >= 4 is 12.1 Å². The Balaban J connectivity index is 2.85. The molecule has 88 valence electrons. The average Bonchev–Trinajstić information content (AvgIpc) is 2.26. The van der Waals surface area contributed by atoms with Crippen molar-refractivity contribution in [2.24, 2.45) is 0 Å². The van der Waals surface area contributed by atoms with Gasteiger partial charge in [-0.25, -0.2) is 9.59 Å². The van der Waals surface area contributed by atoms with Gasteiger partial charge in [0.1, 0.15) is 6.61 Å². The number of ether oxygens (including phenoxy) is 1. The summed E-state index contributed by atoms with van der Waals surface area (Å²) in [4.78, 5) is 24.0. The molecule has 0 bridgehead atoms. The first-order chi connectivity index (χ1) is 7.52. The first-order valence-electron chi connectivity index (χ1n) is 4.98. The lowest BCUT2D eigenvalue weighted by Crippen LogP contribution is -2.55. The predicted octanol–water partition coefficient (Wildman–Crippen LogP) is 1.41. The van der Waals surface area contributed by atoms with Crippen LogP contribution < -0.4 is 0 Å². The number of hydrogen-bond donors (Lipinski definition) is 1. The number of rotatable bonds is 3. The Bertz CT molecular complexity index is 337. The van der Waals surface area contributed by atoms with Gasteiger partial charge in [-0.3, -0.25) is 4.90 Å². The van der Waals surface area contributed by atoms with E-state index in [-0.39, 0.29) is 6.61 Å². The van der Waals surface area contributed by atoms with E-state index in [4.69, 9.17) is 9.84 Å². The van der Waals surface area contributed by atoms with Crippen molar-refractivity contribution in [2.45, 2.75) is 18.9 Å². The second-order valence-corrected chi connectivity index (χ2v) is 3.66. The van der Waals surface area contributed by atoms with Crippen molar-refractivity contribution in [3.8, 4) is 0 Å². The summed E-state index contributed by atoms with van der Waals surface area (Å²) in [6, 6.07) is 0. The molecular weight excluding hydrogens is 210 g/mol. The minimum absolute atomic E-state index is 0.0781. The molecule has 5 heteroatoms. The van der Waals surface area contributed by atoms with Crippen LogP contribution in [0.15, 0.2) is 24.8 Å². The van der Waals surface area contributed by atoms with Crippen molar-refractivity contribution in [1.29, 1.82) is 0 Å². The lowest BCUT2D eigenvalue weighted by atomic mass is 9.96. The SMILES string of the molecule is C=CCOC(=O)N1CCC=CC1(C)C(=O)O. The predicted molar refractivity (Wildman–Crippen MR) is 58.0 cm³/mol. The fourth-order valence-corrected chi connectivity index (χ4v) is 1.51. The summed E-state index contributed by atoms with van der Waals surface area (Å²) in [7, 11) is 0. The number of aliphatic carboxylic acids is 1. The summed E-state index contributed by atoms with van der Waals surface area (Å²) in [5.41, 5.74) is -1.32. The van der Waals surface area contributed by atoms with Crippen LogP contribution in [0.1, 0.15) is 13.3 Å². The van der Waals surface area contributed by atoms with Crippen LogP contribution in [0.2, 0.25) is 0 Å². The largest absolute Gasteiger partial charge is 0.479 e. The van der Waals surface area contributed by atoms with Crippen LogP contribution in [0.3, 0.4) is 0 Å². The van der Waals surface area contributed by atoms with Crippen LogP contribution in [0.4, 0.5) is 4.79 Å². The Hall–Kier alpha value is -1.78. The van der Waals surface area contributed by atoms with Crippen LogP contribution >= 0.6 is 0 Å². The first kappa shape index (κ1) is 12.3. The highest BCUT2D eigenvalue weighted by Gasteiger charge is 2.42. The molecule has 0 aromatic heterocycles. The second-order valence-electron chi connectivity index (χ2n) is 3.66. The number of carboxylic acids is 1. The zero-order valence-corrected chi connectivity index (χ0v) is 9.18. The third kappa shape index (κ3) is 2.24. The van der Waals surface area contributed by atoms with E-state index in [0.717, 1.165) is 0 Å². The van der Waals surface area contributed by atoms with Gasteiger partial charge in [0, 0.05) is 6.54 Å². The van der Waals surface area contributed by atoms with E-state index in [1.54, 1.807) is 6.08 Å². The summed E-state index contributed by atoms with van der Waals surface area (Å²) in [5.74, 6) is -1.07. The smallest absolute Gasteiger partial charge is 0.411 e. The molecule has 0 spiro atoms. The third-order valence-corrected chi connectivity index (χ3v) is 2.50. The summed E-state index contributed by atoms with van der Waals surface area (Å²) in [6.45, 7) is 5.32. The topological polar surface area (TPSA) is 66.8 Å². The van der Waals surface area contributed by atoms with Gasteiger partial charge in [-0.1, -0.05) is 24.8 Å². The van der Waals surface area contributed by atoms with E-state index in [9.17, 15) is 9.59 Å². The zero-order valence-electron chi connectivity index (χ0n) is 9.18. The van der Waals surface area contributed by atoms with Gasteiger partial charge in [0.15, 0.2) is 5.54 Å². The number of carboxylic acid groups (broad SMARTS) is 1. The highest BCUT2D eigenvalue weighted by molar-refractivity contribution is 5.86. The second kappa shape index (κ2) is 4.83. The highest BCUT2D eigenvalue weighted by atomic mass is 16.6. The van der Waals surface area contributed by atoms with Crippen molar-refractivity contribution in [3.05, 3.63) is 24.8 Å². The van der Waals surface area contributed by atoms with Gasteiger partial charge in [-0.15, -0.1) is 0 Å². The quantitative estimate of drug-likeness (QED) is 0.737. The van der Waals surface area contributed by atoms with Crippen molar-refractivity contribution in [1.82, 2.24) is 4.90 Å². The van der Waals surface area contributed by atoms with E-state index in [1.807, 2.05) is 0 Å². The molecular formula is C11H15NO4. The lowest BCUT2D eigenvalue weighted by molar-refractivity contribution is -0.146. The first-order valence-corrected chi connectivity index (χ1v) is 4.98. The van der Waals surface area contributed by atoms with Gasteiger partial charge in [0.25, 0.3) is 0 Å². The lowest BCUT2D eigenvalue weighted by Gasteiger charge is -2.37. The minimum atomic E-state index is -1.32. The number of nitrogens with zero attached hydrogens (tertiary/aromatic N) is 1. The molecule has 5 nitrogen and oxygen atoms in total. The molecule has 1 rings (SSSR count). The highest BCUT2D eigenvalue weighted by Crippen LogP contribution is 2.23. The van der Waals surface area contributed by atoms with Gasteiger partial charge >= 0.3 is 12.1 Å². The molecule has 1 heterocycles. The van der Waals surface area contributed by atoms with E-state index < -0.39 is 17.6 Å². The Morgan fingerprint density at radius 2 is 2.38 bits per heavy atom. The third-order valence-electron chi connectivity index (χ3n) is 2.50. The molecule has 1 atom stereocenters. The molecule has 0 saturated heterocycles. The van der Waals surface area contributed by atoms with Crippen molar-refractivity contribution in [3.63, 3.8) is 0 Å². The summed E-state index contributed by atoms with van der Waals surface area (Å²) in [6.07, 6.45) is 4.70. The molecule has 1 N–H and O–H groups in total. The van der Waals surface area contributed by atoms with Gasteiger partial charge in [0.05, 0.1) is 0 Å². The fourth-order valence-electron chi connectivity index (χ4n) is 1.51. The monoisotopic (exact) mass is 225 g/mol. The molecule has 1 amide bonds. The van der Waals surface area contributed by atoms with Gasteiger partial charge in [0.2, 0.25) is 0 Å². The van der Waals surface area contributed by atoms with Gasteiger partial charge < -0.3 is 9.84 Å². The van der Waals surface area contributed by atoms with Crippen LogP contribution in [-0.4, -0.2) is 40.8 Å². The van der Waals surface area contributed by atoms with E-state index in [1.165, 1.54) is 24.0 Å². The summed E-state index contributed by atoms with van der Waals surface area (Å²) in [5, 5.41) is 9.12. The molecule has 0 saturated carbocycles. The Labute approximate surface area is 94.0 Å². The molecule has 1 aliphatic heterocycles. The van der Waals surface area contributed by atoms with Crippen molar-refractivity contribution in [2.75, 3.05) is 13.2 Å². The maximum absolute atomic E-state index is 11.6.